The monoisotopic (exact) mass is 126 g/mol. The van der Waals surface area contributed by atoms with Crippen LogP contribution in [-0.4, -0.2) is 17.0 Å². The van der Waals surface area contributed by atoms with Gasteiger partial charge in [-0.1, -0.05) is 15.9 Å². The molecule has 0 aromatic heterocycles. The van der Waals surface area contributed by atoms with Gasteiger partial charge in [-0.25, -0.2) is 0 Å². The molecule has 1 N–H and O–H groups in total. The van der Waals surface area contributed by atoms with E-state index in [9.17, 15) is 0 Å². The Morgan fingerprint density at radius 2 is 2.25 bits per heavy atom. The van der Waals surface area contributed by atoms with Crippen molar-refractivity contribution < 1.29 is 5.11 Å². The van der Waals surface area contributed by atoms with Crippen molar-refractivity contribution in [2.45, 2.75) is 0 Å². The second-order valence-electron chi connectivity index (χ2n) is 0.413. The van der Waals surface area contributed by atoms with Crippen molar-refractivity contribution in [2.24, 2.45) is 0 Å². The molecule has 0 radical (unpaired) electrons. The summed E-state index contributed by atoms with van der Waals surface area (Å²) in [4.78, 5) is 0. The molecule has 0 aliphatic heterocycles. The Hall–Kier alpha value is 0.440. The molecule has 0 aliphatic rings. The van der Waals surface area contributed by atoms with Crippen LogP contribution in [0.2, 0.25) is 0 Å². The van der Waals surface area contributed by atoms with Gasteiger partial charge in [-0.3, -0.25) is 0 Å². The Kier molecular flexibility index (Phi) is 3.82. The van der Waals surface area contributed by atoms with Gasteiger partial charge in [0, 0.05) is 5.33 Å². The zero-order valence-electron chi connectivity index (χ0n) is 2.24. The molecule has 0 fully saturated rings. The third-order valence-corrected chi connectivity index (χ3v) is 0.439. The summed E-state index contributed by atoms with van der Waals surface area (Å²) in [6, 6.07) is 0. The largest absolute Gasteiger partial charge is 0.396 e. The first-order chi connectivity index (χ1) is 1.91. The van der Waals surface area contributed by atoms with Crippen LogP contribution in [0.4, 0.5) is 0 Å². The van der Waals surface area contributed by atoms with Crippen molar-refractivity contribution in [1.29, 1.82) is 0 Å². The van der Waals surface area contributed by atoms with Gasteiger partial charge in [-0.15, -0.1) is 0 Å². The smallest absolute Gasteiger partial charge is 0.0528 e. The van der Waals surface area contributed by atoms with Gasteiger partial charge >= 0.3 is 0 Å². The van der Waals surface area contributed by atoms with E-state index in [4.69, 9.17) is 5.11 Å². The van der Waals surface area contributed by atoms with Crippen LogP contribution in [0.15, 0.2) is 0 Å². The zero-order chi connectivity index (χ0) is 3.41. The minimum atomic E-state index is 0.236. The summed E-state index contributed by atoms with van der Waals surface area (Å²) in [5.74, 6) is 0. The molecule has 2 heteroatoms. The second kappa shape index (κ2) is 3.44. The number of rotatable bonds is 1. The zero-order valence-corrected chi connectivity index (χ0v) is 3.83. The minimum Gasteiger partial charge on any atom is -0.396 e. The average Bonchev–Trinajstić information content (AvgIpc) is 1.37. The van der Waals surface area contributed by atoms with Crippen LogP contribution in [0.3, 0.4) is 0 Å². The number of halogens is 1. The maximum atomic E-state index is 7.83. The van der Waals surface area contributed by atoms with E-state index in [0.29, 0.717) is 5.33 Å². The van der Waals surface area contributed by atoms with Crippen LogP contribution in [0.5, 0.6) is 0 Å². The quantitative estimate of drug-likeness (QED) is 0.504. The highest BCUT2D eigenvalue weighted by Gasteiger charge is 1.59. The average molecular weight is 127 g/mol. The lowest BCUT2D eigenvalue weighted by atomic mass is 11.4. The van der Waals surface area contributed by atoms with Crippen molar-refractivity contribution in [3.63, 3.8) is 0 Å². The number of hydrogen-bond acceptors (Lipinski definition) is 1. The van der Waals surface area contributed by atoms with E-state index in [1.165, 1.54) is 0 Å². The number of hydrogen-bond donors (Lipinski definition) is 1. The molecule has 0 spiro atoms. The summed E-state index contributed by atoms with van der Waals surface area (Å²) in [5, 5.41) is 8.52. The van der Waals surface area contributed by atoms with Crippen LogP contribution in [0.25, 0.3) is 0 Å². The molecule has 0 bridgehead atoms. The lowest BCUT2D eigenvalue weighted by Gasteiger charge is -1.67. The summed E-state index contributed by atoms with van der Waals surface area (Å²) in [5.41, 5.74) is 0. The molecule has 0 aliphatic carbocycles. The van der Waals surface area contributed by atoms with E-state index in [1.807, 2.05) is 0 Å². The first-order valence-electron chi connectivity index (χ1n) is 1.08. The highest BCUT2D eigenvalue weighted by atomic mass is 79.9. The third-order valence-electron chi connectivity index (χ3n) is 0.0845. The van der Waals surface area contributed by atoms with E-state index >= 15 is 0 Å². The Labute approximate surface area is 33.8 Å². The highest BCUT2D eigenvalue weighted by molar-refractivity contribution is 9.09. The van der Waals surface area contributed by atoms with Gasteiger partial charge in [0.15, 0.2) is 0 Å². The summed E-state index contributed by atoms with van der Waals surface area (Å²) < 4.78 is 0. The topological polar surface area (TPSA) is 20.2 Å². The Bertz CT molecular complexity index is 8.00. The van der Waals surface area contributed by atoms with Crippen molar-refractivity contribution >= 4 is 15.9 Å². The molecule has 0 heterocycles. The van der Waals surface area contributed by atoms with Crippen molar-refractivity contribution in [2.75, 3.05) is 11.9 Å². The molecular formula is C2H5BrO. The molecule has 0 saturated carbocycles. The van der Waals surface area contributed by atoms with Gasteiger partial charge in [0.05, 0.1) is 6.61 Å². The van der Waals surface area contributed by atoms with Gasteiger partial charge in [0.2, 0.25) is 0 Å². The predicted molar refractivity (Wildman–Crippen MR) is 20.9 cm³/mol. The molecule has 0 saturated heterocycles. The number of aliphatic hydroxyl groups is 1. The Morgan fingerprint density at radius 1 is 2.00 bits per heavy atom. The minimum absolute atomic E-state index is 0.236. The fraction of sp³-hybridized carbons (Fsp3) is 1.00. The Balaban J connectivity index is 1.97. The summed E-state index contributed by atoms with van der Waals surface area (Å²) in [6.07, 6.45) is 0. The van der Waals surface area contributed by atoms with E-state index in [0.717, 1.165) is 0 Å². The van der Waals surface area contributed by atoms with E-state index in [-0.39, 0.29) is 6.61 Å². The highest BCUT2D eigenvalue weighted by Crippen LogP contribution is 1.69. The van der Waals surface area contributed by atoms with E-state index in [1.54, 1.807) is 0 Å². The molecule has 0 amide bonds. The van der Waals surface area contributed by atoms with Gasteiger partial charge in [0.1, 0.15) is 0 Å². The number of aliphatic hydroxyl groups excluding tert-OH is 1. The van der Waals surface area contributed by atoms with Crippen molar-refractivity contribution in [3.8, 4) is 0 Å². The molecular weight excluding hydrogens is 122 g/mol. The lowest BCUT2D eigenvalue weighted by molar-refractivity contribution is 0.324. The fourth-order valence-corrected chi connectivity index (χ4v) is 0. The second-order valence-corrected chi connectivity index (χ2v) is 1.21. The normalized spacial score (nSPS) is 7.50. The molecule has 0 aromatic rings. The van der Waals surface area contributed by atoms with Crippen LogP contribution in [0.1, 0.15) is 0 Å². The molecule has 0 aromatic carbocycles. The molecule has 26 valence electrons. The Morgan fingerprint density at radius 3 is 2.25 bits per heavy atom. The van der Waals surface area contributed by atoms with Crippen molar-refractivity contribution in [3.05, 3.63) is 0 Å². The van der Waals surface area contributed by atoms with Crippen LogP contribution >= 0.6 is 15.9 Å². The van der Waals surface area contributed by atoms with E-state index in [2.05, 4.69) is 15.9 Å². The maximum absolute atomic E-state index is 7.83. The van der Waals surface area contributed by atoms with Crippen molar-refractivity contribution in [1.82, 2.24) is 0 Å². The first kappa shape index (κ1) is 4.44. The van der Waals surface area contributed by atoms with Crippen LogP contribution < -0.4 is 0 Å². The molecule has 4 heavy (non-hydrogen) atoms. The van der Waals surface area contributed by atoms with Crippen LogP contribution in [0, 0.1) is 0 Å². The van der Waals surface area contributed by atoms with Crippen LogP contribution in [-0.2, 0) is 0 Å². The molecule has 1 nitrogen and oxygen atoms in total. The first-order valence-corrected chi connectivity index (χ1v) is 2.20. The van der Waals surface area contributed by atoms with Gasteiger partial charge in [-0.2, -0.15) is 0 Å². The lowest BCUT2D eigenvalue weighted by Crippen LogP contribution is -1.75. The fourth-order valence-electron chi connectivity index (χ4n) is 0. The summed E-state index contributed by atoms with van der Waals surface area (Å²) in [7, 11) is 0. The summed E-state index contributed by atoms with van der Waals surface area (Å²) >= 11 is 3.00. The standard InChI is InChI=1S/C2H5BrO/c3-1-2-4/h4H,1-2H2/i1+2. The SMILES string of the molecule is OC[14CH2]Br. The van der Waals surface area contributed by atoms with Gasteiger partial charge < -0.3 is 5.11 Å². The molecule has 0 rings (SSSR count). The number of alkyl halides is 1. The van der Waals surface area contributed by atoms with Gasteiger partial charge in [0.25, 0.3) is 0 Å². The summed E-state index contributed by atoms with van der Waals surface area (Å²) in [6.45, 7) is 0.236. The van der Waals surface area contributed by atoms with Gasteiger partial charge in [-0.05, 0) is 0 Å². The predicted octanol–water partition coefficient (Wildman–Crippen LogP) is 0.374. The molecule has 0 atom stereocenters. The van der Waals surface area contributed by atoms with E-state index < -0.39 is 0 Å². The maximum Gasteiger partial charge on any atom is 0.0528 e. The molecule has 0 unspecified atom stereocenters. The third kappa shape index (κ3) is 2.44.